The zero-order valence-electron chi connectivity index (χ0n) is 6.44. The number of rotatable bonds is 0. The molecule has 60 valence electrons. The van der Waals surface area contributed by atoms with Crippen LogP contribution in [0.3, 0.4) is 0 Å². The first kappa shape index (κ1) is 6.98. The van der Waals surface area contributed by atoms with Crippen molar-refractivity contribution in [2.24, 2.45) is 0 Å². The SMILES string of the molecule is c1cc2ccoccc=2cco1. The number of hydrogen-bond donors (Lipinski definition) is 0. The highest BCUT2D eigenvalue weighted by Gasteiger charge is 1.80. The zero-order chi connectivity index (χ0) is 8.23. The molecule has 0 radical (unpaired) electrons. The van der Waals surface area contributed by atoms with E-state index in [4.69, 9.17) is 8.83 Å². The van der Waals surface area contributed by atoms with Gasteiger partial charge in [0.1, 0.15) is 0 Å². The summed E-state index contributed by atoms with van der Waals surface area (Å²) in [5, 5.41) is 2.16. The van der Waals surface area contributed by atoms with E-state index in [2.05, 4.69) is 0 Å². The van der Waals surface area contributed by atoms with Gasteiger partial charge in [0.15, 0.2) is 0 Å². The van der Waals surface area contributed by atoms with Crippen LogP contribution < -0.4 is 0 Å². The molecule has 0 saturated heterocycles. The lowest BCUT2D eigenvalue weighted by Crippen LogP contribution is -1.59. The van der Waals surface area contributed by atoms with Crippen LogP contribution >= 0.6 is 0 Å². The Balaban J connectivity index is 3.02. The second-order valence-electron chi connectivity index (χ2n) is 2.39. The molecule has 0 bridgehead atoms. The van der Waals surface area contributed by atoms with Gasteiger partial charge in [-0.2, -0.15) is 0 Å². The summed E-state index contributed by atoms with van der Waals surface area (Å²) in [5.41, 5.74) is 0. The summed E-state index contributed by atoms with van der Waals surface area (Å²) in [5.74, 6) is 0. The fraction of sp³-hybridized carbons (Fsp3) is 0. The van der Waals surface area contributed by atoms with Crippen molar-refractivity contribution in [2.75, 3.05) is 0 Å². The van der Waals surface area contributed by atoms with E-state index in [1.165, 1.54) is 0 Å². The molecule has 0 atom stereocenters. The lowest BCUT2D eigenvalue weighted by atomic mass is 10.3. The molecule has 2 aliphatic heterocycles. The van der Waals surface area contributed by atoms with Gasteiger partial charge in [0.2, 0.25) is 0 Å². The van der Waals surface area contributed by atoms with Crippen LogP contribution in [-0.4, -0.2) is 0 Å². The molecule has 0 N–H and O–H groups in total. The van der Waals surface area contributed by atoms with Gasteiger partial charge in [0.05, 0.1) is 25.1 Å². The minimum Gasteiger partial charge on any atom is -0.473 e. The molecule has 2 rings (SSSR count). The normalized spacial score (nSPS) is 9.67. The van der Waals surface area contributed by atoms with Gasteiger partial charge in [-0.25, -0.2) is 0 Å². The van der Waals surface area contributed by atoms with Crippen molar-refractivity contribution in [1.82, 2.24) is 0 Å². The van der Waals surface area contributed by atoms with E-state index in [0.717, 1.165) is 10.4 Å². The van der Waals surface area contributed by atoms with Crippen molar-refractivity contribution in [2.45, 2.75) is 0 Å². The maximum atomic E-state index is 5.02. The molecule has 0 aromatic rings. The van der Waals surface area contributed by atoms with Crippen molar-refractivity contribution < 1.29 is 8.83 Å². The first-order valence-corrected chi connectivity index (χ1v) is 3.68. The van der Waals surface area contributed by atoms with Crippen molar-refractivity contribution in [3.05, 3.63) is 59.8 Å². The summed E-state index contributed by atoms with van der Waals surface area (Å²) >= 11 is 0. The van der Waals surface area contributed by atoms with Crippen LogP contribution in [0.2, 0.25) is 0 Å². The van der Waals surface area contributed by atoms with Crippen LogP contribution in [0.15, 0.2) is 58.2 Å². The third-order valence-electron chi connectivity index (χ3n) is 1.64. The molecule has 0 aromatic heterocycles. The van der Waals surface area contributed by atoms with Crippen LogP contribution in [0.4, 0.5) is 0 Å². The standard InChI is InChI=1S/C10H8O2/c1-5-11-7-3-10-4-8-12-6-2-9(1)10/h1-8H. The van der Waals surface area contributed by atoms with Crippen LogP contribution in [0, 0.1) is 10.4 Å². The number of hydrogen-bond acceptors (Lipinski definition) is 2. The van der Waals surface area contributed by atoms with E-state index < -0.39 is 0 Å². The van der Waals surface area contributed by atoms with Crippen LogP contribution in [0.25, 0.3) is 0 Å². The Kier molecular flexibility index (Phi) is 1.82. The Morgan fingerprint density at radius 3 is 1.25 bits per heavy atom. The fourth-order valence-corrected chi connectivity index (χ4v) is 1.04. The Morgan fingerprint density at radius 2 is 0.917 bits per heavy atom. The quantitative estimate of drug-likeness (QED) is 0.592. The Morgan fingerprint density at radius 1 is 0.583 bits per heavy atom. The highest BCUT2D eigenvalue weighted by Crippen LogP contribution is 1.96. The van der Waals surface area contributed by atoms with Gasteiger partial charge < -0.3 is 8.83 Å². The molecule has 0 fully saturated rings. The van der Waals surface area contributed by atoms with E-state index in [1.54, 1.807) is 25.1 Å². The summed E-state index contributed by atoms with van der Waals surface area (Å²) in [6, 6.07) is 7.57. The van der Waals surface area contributed by atoms with Gasteiger partial charge in [-0.3, -0.25) is 0 Å². The molecule has 0 spiro atoms. The first-order chi connectivity index (χ1) is 5.97. The molecule has 2 aliphatic rings. The Bertz CT molecular complexity index is 373. The average molecular weight is 160 g/mol. The van der Waals surface area contributed by atoms with Gasteiger partial charge in [-0.1, -0.05) is 0 Å². The molecule has 0 aromatic carbocycles. The summed E-state index contributed by atoms with van der Waals surface area (Å²) < 4.78 is 10.0. The minimum atomic E-state index is 1.08. The zero-order valence-corrected chi connectivity index (χ0v) is 6.44. The smallest absolute Gasteiger partial charge is 0.0907 e. The monoisotopic (exact) mass is 160 g/mol. The summed E-state index contributed by atoms with van der Waals surface area (Å²) in [6.45, 7) is 0. The lowest BCUT2D eigenvalue weighted by Gasteiger charge is -1.72. The maximum Gasteiger partial charge on any atom is 0.0907 e. The van der Waals surface area contributed by atoms with E-state index in [9.17, 15) is 0 Å². The highest BCUT2D eigenvalue weighted by atomic mass is 16.3. The molecule has 0 amide bonds. The third kappa shape index (κ3) is 1.32. The predicted molar refractivity (Wildman–Crippen MR) is 43.9 cm³/mol. The van der Waals surface area contributed by atoms with E-state index >= 15 is 0 Å². The highest BCUT2D eigenvalue weighted by molar-refractivity contribution is 5.06. The molecule has 12 heavy (non-hydrogen) atoms. The van der Waals surface area contributed by atoms with Gasteiger partial charge in [0.25, 0.3) is 0 Å². The van der Waals surface area contributed by atoms with E-state index in [1.807, 2.05) is 24.3 Å². The second-order valence-corrected chi connectivity index (χ2v) is 2.39. The Labute approximate surface area is 69.4 Å². The third-order valence-corrected chi connectivity index (χ3v) is 1.64. The molecule has 2 heteroatoms. The molecule has 0 saturated carbocycles. The van der Waals surface area contributed by atoms with Gasteiger partial charge >= 0.3 is 0 Å². The van der Waals surface area contributed by atoms with Gasteiger partial charge in [-0.05, 0) is 34.7 Å². The summed E-state index contributed by atoms with van der Waals surface area (Å²) in [7, 11) is 0. The van der Waals surface area contributed by atoms with Crippen molar-refractivity contribution >= 4 is 0 Å². The van der Waals surface area contributed by atoms with Gasteiger partial charge in [-0.15, -0.1) is 0 Å². The maximum absolute atomic E-state index is 5.02. The second kappa shape index (κ2) is 3.13. The van der Waals surface area contributed by atoms with Crippen molar-refractivity contribution in [3.63, 3.8) is 0 Å². The largest absolute Gasteiger partial charge is 0.473 e. The summed E-state index contributed by atoms with van der Waals surface area (Å²) in [6.07, 6.45) is 6.56. The fourth-order valence-electron chi connectivity index (χ4n) is 1.04. The molecule has 0 unspecified atom stereocenters. The minimum absolute atomic E-state index is 1.08. The topological polar surface area (TPSA) is 26.3 Å². The first-order valence-electron chi connectivity index (χ1n) is 3.68. The van der Waals surface area contributed by atoms with E-state index in [0.29, 0.717) is 0 Å². The average Bonchev–Trinajstić information content (AvgIpc) is 2.38. The van der Waals surface area contributed by atoms with Crippen LogP contribution in [-0.2, 0) is 0 Å². The molecule has 2 nitrogen and oxygen atoms in total. The molecule has 0 aliphatic carbocycles. The van der Waals surface area contributed by atoms with Crippen LogP contribution in [0.1, 0.15) is 0 Å². The Hall–Kier alpha value is -1.70. The molecule has 2 heterocycles. The van der Waals surface area contributed by atoms with Crippen molar-refractivity contribution in [1.29, 1.82) is 0 Å². The summed E-state index contributed by atoms with van der Waals surface area (Å²) in [4.78, 5) is 0. The molecular formula is C10H8O2. The van der Waals surface area contributed by atoms with Gasteiger partial charge in [0, 0.05) is 0 Å². The lowest BCUT2D eigenvalue weighted by molar-refractivity contribution is 0.552. The predicted octanol–water partition coefficient (Wildman–Crippen LogP) is 2.72. The molecular weight excluding hydrogens is 152 g/mol. The van der Waals surface area contributed by atoms with Crippen molar-refractivity contribution in [3.8, 4) is 0 Å². The van der Waals surface area contributed by atoms with E-state index in [-0.39, 0.29) is 0 Å². The van der Waals surface area contributed by atoms with Crippen LogP contribution in [0.5, 0.6) is 0 Å².